The third kappa shape index (κ3) is 5.61. The summed E-state index contributed by atoms with van der Waals surface area (Å²) in [5.41, 5.74) is 5.65. The molecule has 38 valence electrons. The molecule has 0 nitrogen and oxygen atoms in total. The molecular formula is C6H6BP. The van der Waals surface area contributed by atoms with Crippen LogP contribution in [-0.2, 0) is 0 Å². The highest BCUT2D eigenvalue weighted by molar-refractivity contribution is 7.49. The largest absolute Gasteiger partial charge is 0.108 e. The van der Waals surface area contributed by atoms with E-state index in [1.807, 2.05) is 0 Å². The Hall–Kier alpha value is -0.385. The number of hydrogen-bond donors (Lipinski definition) is 0. The van der Waals surface area contributed by atoms with E-state index in [0.29, 0.717) is 14.9 Å². The highest BCUT2D eigenvalue weighted by atomic mass is 31.1. The van der Waals surface area contributed by atoms with Crippen LogP contribution in [-0.4, -0.2) is 7.85 Å². The average molecular weight is 120 g/mol. The monoisotopic (exact) mass is 120 g/mol. The molecule has 0 bridgehead atoms. The van der Waals surface area contributed by atoms with Gasteiger partial charge in [-0.1, -0.05) is 11.3 Å². The summed E-state index contributed by atoms with van der Waals surface area (Å²) in [5, 5.41) is 0. The van der Waals surface area contributed by atoms with Crippen LogP contribution in [0.1, 0.15) is 6.92 Å². The van der Waals surface area contributed by atoms with Crippen LogP contribution in [0.3, 0.4) is 0 Å². The molecule has 0 saturated heterocycles. The molecular weight excluding hydrogens is 114 g/mol. The fourth-order valence-corrected chi connectivity index (χ4v) is 0.567. The van der Waals surface area contributed by atoms with Gasteiger partial charge in [-0.25, -0.2) is 0 Å². The van der Waals surface area contributed by atoms with Crippen molar-refractivity contribution < 1.29 is 0 Å². The summed E-state index contributed by atoms with van der Waals surface area (Å²) in [6.07, 6.45) is 0.443. The van der Waals surface area contributed by atoms with Crippen LogP contribution in [0.4, 0.5) is 0 Å². The van der Waals surface area contributed by atoms with Crippen LogP contribution >= 0.6 is 8.58 Å². The van der Waals surface area contributed by atoms with Crippen molar-refractivity contribution in [3.05, 3.63) is 0 Å². The lowest BCUT2D eigenvalue weighted by Crippen LogP contribution is -1.53. The topological polar surface area (TPSA) is 0 Å². The summed E-state index contributed by atoms with van der Waals surface area (Å²) in [6.45, 7) is 1.80. The molecule has 0 N–H and O–H groups in total. The maximum Gasteiger partial charge on any atom is 0.0828 e. The molecule has 2 radical (unpaired) electrons. The van der Waals surface area contributed by atoms with Gasteiger partial charge in [0, 0.05) is 8.58 Å². The van der Waals surface area contributed by atoms with Crippen molar-refractivity contribution in [1.82, 2.24) is 0 Å². The molecule has 0 aliphatic carbocycles. The fraction of sp³-hybridized carbons (Fsp3) is 0.333. The van der Waals surface area contributed by atoms with E-state index in [9.17, 15) is 0 Å². The molecule has 0 heterocycles. The molecule has 0 aromatic heterocycles. The van der Waals surface area contributed by atoms with Crippen LogP contribution < -0.4 is 0 Å². The fourth-order valence-electron chi connectivity index (χ4n) is 0.189. The van der Waals surface area contributed by atoms with Gasteiger partial charge in [-0.15, -0.1) is 11.8 Å². The molecule has 0 saturated carbocycles. The number of rotatable bonds is 0. The van der Waals surface area contributed by atoms with Crippen molar-refractivity contribution in [2.75, 3.05) is 0 Å². The van der Waals surface area contributed by atoms with E-state index in [1.165, 1.54) is 0 Å². The summed E-state index contributed by atoms with van der Waals surface area (Å²) in [4.78, 5) is 0. The second-order valence-corrected chi connectivity index (χ2v) is 1.76. The molecule has 2 heteroatoms. The SMILES string of the molecule is [B]CC#CPC#CC. The number of hydrogen-bond acceptors (Lipinski definition) is 0. The predicted molar refractivity (Wildman–Crippen MR) is 40.1 cm³/mol. The summed E-state index contributed by atoms with van der Waals surface area (Å²) >= 11 is 0. The quantitative estimate of drug-likeness (QED) is 0.256. The van der Waals surface area contributed by atoms with Gasteiger partial charge in [0.15, 0.2) is 0 Å². The first kappa shape index (κ1) is 7.61. The van der Waals surface area contributed by atoms with Gasteiger partial charge in [-0.3, -0.25) is 0 Å². The highest BCUT2D eigenvalue weighted by Crippen LogP contribution is 2.00. The van der Waals surface area contributed by atoms with Crippen molar-refractivity contribution in [3.8, 4) is 23.2 Å². The van der Waals surface area contributed by atoms with Crippen LogP contribution in [0, 0.1) is 23.2 Å². The van der Waals surface area contributed by atoms with E-state index < -0.39 is 0 Å². The zero-order valence-electron chi connectivity index (χ0n) is 4.78. The summed E-state index contributed by atoms with van der Waals surface area (Å²) in [7, 11) is 5.53. The van der Waals surface area contributed by atoms with Gasteiger partial charge in [-0.05, 0) is 13.2 Å². The Morgan fingerprint density at radius 2 is 2.25 bits per heavy atom. The molecule has 8 heavy (non-hydrogen) atoms. The van der Waals surface area contributed by atoms with Gasteiger partial charge in [0.1, 0.15) is 0 Å². The third-order valence-corrected chi connectivity index (χ3v) is 1.12. The first-order valence-corrected chi connectivity index (χ1v) is 3.26. The normalized spacial score (nSPS) is 7.12. The minimum absolute atomic E-state index is 0.437. The van der Waals surface area contributed by atoms with Crippen LogP contribution in [0.2, 0.25) is 6.32 Å². The molecule has 0 spiro atoms. The van der Waals surface area contributed by atoms with Crippen LogP contribution in [0.15, 0.2) is 0 Å². The molecule has 0 aliphatic heterocycles. The van der Waals surface area contributed by atoms with Crippen molar-refractivity contribution in [3.63, 3.8) is 0 Å². The smallest absolute Gasteiger partial charge is 0.0828 e. The minimum Gasteiger partial charge on any atom is -0.108 e. The van der Waals surface area contributed by atoms with Gasteiger partial charge in [0.05, 0.1) is 7.85 Å². The lowest BCUT2D eigenvalue weighted by Gasteiger charge is -1.67. The summed E-state index contributed by atoms with van der Waals surface area (Å²) < 4.78 is 0. The first-order chi connectivity index (χ1) is 3.91. The Morgan fingerprint density at radius 3 is 2.75 bits per heavy atom. The Balaban J connectivity index is 3.24. The zero-order valence-corrected chi connectivity index (χ0v) is 5.78. The predicted octanol–water partition coefficient (Wildman–Crippen LogP) is 1.19. The van der Waals surface area contributed by atoms with Crippen molar-refractivity contribution in [2.24, 2.45) is 0 Å². The molecule has 1 atom stereocenters. The summed E-state index contributed by atoms with van der Waals surface area (Å²) in [6, 6.07) is 0. The third-order valence-electron chi connectivity index (χ3n) is 0.440. The molecule has 1 unspecified atom stereocenters. The van der Waals surface area contributed by atoms with E-state index >= 15 is 0 Å². The average Bonchev–Trinajstić information content (AvgIpc) is 1.81. The second-order valence-electron chi connectivity index (χ2n) is 1.01. The van der Waals surface area contributed by atoms with Gasteiger partial charge in [0.2, 0.25) is 0 Å². The Bertz CT molecular complexity index is 153. The lowest BCUT2D eigenvalue weighted by molar-refractivity contribution is 1.88. The van der Waals surface area contributed by atoms with E-state index in [4.69, 9.17) is 7.85 Å². The second kappa shape index (κ2) is 6.61. The maximum atomic E-state index is 5.09. The van der Waals surface area contributed by atoms with Crippen LogP contribution in [0.25, 0.3) is 0 Å². The molecule has 0 fully saturated rings. The van der Waals surface area contributed by atoms with E-state index in [2.05, 4.69) is 23.2 Å². The van der Waals surface area contributed by atoms with E-state index in [-0.39, 0.29) is 0 Å². The minimum atomic E-state index is 0.437. The maximum absolute atomic E-state index is 5.09. The molecule has 0 aromatic rings. The molecule has 0 rings (SSSR count). The van der Waals surface area contributed by atoms with Gasteiger partial charge in [0.25, 0.3) is 0 Å². The van der Waals surface area contributed by atoms with Crippen molar-refractivity contribution in [1.29, 1.82) is 0 Å². The molecule has 0 amide bonds. The summed E-state index contributed by atoms with van der Waals surface area (Å²) in [5.74, 6) is 5.47. The van der Waals surface area contributed by atoms with Crippen molar-refractivity contribution >= 4 is 16.4 Å². The lowest BCUT2D eigenvalue weighted by atomic mass is 10.1. The first-order valence-electron chi connectivity index (χ1n) is 2.26. The van der Waals surface area contributed by atoms with Crippen molar-refractivity contribution in [2.45, 2.75) is 13.2 Å². The van der Waals surface area contributed by atoms with Gasteiger partial charge >= 0.3 is 0 Å². The molecule has 0 aromatic carbocycles. The molecule has 0 aliphatic rings. The Labute approximate surface area is 53.6 Å². The van der Waals surface area contributed by atoms with E-state index in [0.717, 1.165) is 0 Å². The van der Waals surface area contributed by atoms with Gasteiger partial charge in [-0.2, -0.15) is 0 Å². The highest BCUT2D eigenvalue weighted by Gasteiger charge is 1.61. The van der Waals surface area contributed by atoms with Gasteiger partial charge < -0.3 is 0 Å². The standard InChI is InChI=1S/C6H6BP/c1-2-5-8-6-3-4-7/h8H,4H2,1H3. The van der Waals surface area contributed by atoms with E-state index in [1.54, 1.807) is 6.92 Å². The zero-order chi connectivity index (χ0) is 6.24. The Morgan fingerprint density at radius 1 is 1.50 bits per heavy atom. The Kier molecular flexibility index (Phi) is 6.30. The van der Waals surface area contributed by atoms with Crippen LogP contribution in [0.5, 0.6) is 0 Å².